The minimum absolute atomic E-state index is 0.0813. The van der Waals surface area contributed by atoms with Crippen LogP contribution >= 0.6 is 11.6 Å². The molecule has 0 unspecified atom stereocenters. The van der Waals surface area contributed by atoms with Crippen LogP contribution in [0.25, 0.3) is 22.6 Å². The highest BCUT2D eigenvalue weighted by Crippen LogP contribution is 2.48. The molecule has 162 valence electrons. The first kappa shape index (κ1) is 22.1. The zero-order valence-electron chi connectivity index (χ0n) is 15.0. The Morgan fingerprint density at radius 1 is 1.00 bits per heavy atom. The number of alkyl halides is 7. The van der Waals surface area contributed by atoms with Crippen molar-refractivity contribution in [2.24, 2.45) is 7.05 Å². The first-order valence-corrected chi connectivity index (χ1v) is 8.66. The van der Waals surface area contributed by atoms with Gasteiger partial charge in [-0.2, -0.15) is 26.3 Å². The van der Waals surface area contributed by atoms with E-state index in [-0.39, 0.29) is 17.0 Å². The van der Waals surface area contributed by atoms with Crippen LogP contribution in [0.5, 0.6) is 0 Å². The maximum Gasteiger partial charge on any atom is 0.431 e. The molecule has 3 aromatic rings. The van der Waals surface area contributed by atoms with E-state index in [1.54, 1.807) is 24.3 Å². The van der Waals surface area contributed by atoms with Crippen molar-refractivity contribution in [1.29, 1.82) is 0 Å². The van der Waals surface area contributed by atoms with Crippen molar-refractivity contribution in [3.63, 3.8) is 0 Å². The van der Waals surface area contributed by atoms with Crippen molar-refractivity contribution >= 4 is 22.8 Å². The number of imidazole rings is 1. The number of benzene rings is 1. The normalized spacial score (nSPS) is 13.2. The Balaban J connectivity index is 2.00. The first-order valence-electron chi connectivity index (χ1n) is 8.28. The Kier molecular flexibility index (Phi) is 5.34. The molecule has 0 radical (unpaired) electrons. The first-order chi connectivity index (χ1) is 13.7. The number of aromatic amines is 1. The van der Waals surface area contributed by atoms with Gasteiger partial charge in [-0.1, -0.05) is 11.6 Å². The molecule has 2 heterocycles. The van der Waals surface area contributed by atoms with E-state index in [9.17, 15) is 35.5 Å². The predicted molar refractivity (Wildman–Crippen MR) is 93.8 cm³/mol. The summed E-state index contributed by atoms with van der Waals surface area (Å²) in [5.74, 6) is -0.268. The van der Waals surface area contributed by atoms with E-state index in [0.717, 1.165) is 0 Å². The van der Waals surface area contributed by atoms with Gasteiger partial charge in [0.1, 0.15) is 11.6 Å². The molecule has 0 saturated carbocycles. The van der Waals surface area contributed by atoms with Gasteiger partial charge in [0.25, 0.3) is 11.2 Å². The van der Waals surface area contributed by atoms with Gasteiger partial charge in [0, 0.05) is 30.5 Å². The van der Waals surface area contributed by atoms with Crippen molar-refractivity contribution < 1.29 is 30.7 Å². The van der Waals surface area contributed by atoms with Gasteiger partial charge in [-0.15, -0.1) is 0 Å². The van der Waals surface area contributed by atoms with E-state index in [2.05, 4.69) is 15.0 Å². The fraction of sp³-hybridized carbons (Fsp3) is 0.353. The summed E-state index contributed by atoms with van der Waals surface area (Å²) in [5, 5.41) is 0.444. The van der Waals surface area contributed by atoms with Crippen LogP contribution in [0.4, 0.5) is 30.7 Å². The lowest BCUT2D eigenvalue weighted by Crippen LogP contribution is -2.53. The van der Waals surface area contributed by atoms with E-state index in [0.29, 0.717) is 10.6 Å². The van der Waals surface area contributed by atoms with Crippen LogP contribution in [0, 0.1) is 0 Å². The largest absolute Gasteiger partial charge is 0.431 e. The highest BCUT2D eigenvalue weighted by molar-refractivity contribution is 6.30. The molecule has 0 bridgehead atoms. The van der Waals surface area contributed by atoms with Gasteiger partial charge in [-0.3, -0.25) is 4.79 Å². The van der Waals surface area contributed by atoms with Crippen molar-refractivity contribution in [1.82, 2.24) is 19.5 Å². The molecule has 0 spiro atoms. The SMILES string of the molecule is Cn1c(-c2ccc(Cl)cc2)nc2c(=O)[nH]c(CCC(F)(C(F)(F)F)C(F)(F)F)nc21. The minimum atomic E-state index is -6.18. The zero-order chi connectivity index (χ0) is 22.5. The number of aryl methyl sites for hydroxylation is 2. The van der Waals surface area contributed by atoms with E-state index < -0.39 is 42.2 Å². The van der Waals surface area contributed by atoms with E-state index in [1.165, 1.54) is 11.6 Å². The second-order valence-electron chi connectivity index (χ2n) is 6.48. The minimum Gasteiger partial charge on any atom is -0.312 e. The molecule has 0 aliphatic heterocycles. The Bertz CT molecular complexity index is 1120. The third-order valence-corrected chi connectivity index (χ3v) is 4.74. The molecule has 0 aliphatic rings. The maximum absolute atomic E-state index is 13.8. The Hall–Kier alpha value is -2.63. The van der Waals surface area contributed by atoms with Crippen LogP contribution in [0.15, 0.2) is 29.1 Å². The number of halogens is 8. The summed E-state index contributed by atoms with van der Waals surface area (Å²) < 4.78 is 91.4. The quantitative estimate of drug-likeness (QED) is 0.577. The molecule has 0 amide bonds. The fourth-order valence-electron chi connectivity index (χ4n) is 2.83. The van der Waals surface area contributed by atoms with Crippen LogP contribution < -0.4 is 5.56 Å². The highest BCUT2D eigenvalue weighted by Gasteiger charge is 2.71. The number of fused-ring (bicyclic) bond motifs is 1. The second-order valence-corrected chi connectivity index (χ2v) is 6.92. The maximum atomic E-state index is 13.8. The number of nitrogens with zero attached hydrogens (tertiary/aromatic N) is 3. The molecule has 0 atom stereocenters. The molecule has 0 saturated heterocycles. The third-order valence-electron chi connectivity index (χ3n) is 4.49. The summed E-state index contributed by atoms with van der Waals surface area (Å²) in [5.41, 5.74) is -6.03. The van der Waals surface area contributed by atoms with E-state index in [1.807, 2.05) is 0 Å². The average molecular weight is 457 g/mol. The summed E-state index contributed by atoms with van der Waals surface area (Å²) in [6, 6.07) is 6.33. The van der Waals surface area contributed by atoms with Gasteiger partial charge in [0.2, 0.25) is 0 Å². The third kappa shape index (κ3) is 3.75. The Labute approximate surface area is 168 Å². The molecule has 1 N–H and O–H groups in total. The second kappa shape index (κ2) is 7.25. The Morgan fingerprint density at radius 2 is 1.57 bits per heavy atom. The van der Waals surface area contributed by atoms with Crippen LogP contribution in [0.1, 0.15) is 12.2 Å². The van der Waals surface area contributed by atoms with Gasteiger partial charge < -0.3 is 9.55 Å². The lowest BCUT2D eigenvalue weighted by atomic mass is 9.98. The standard InChI is InChI=1S/C17H12ClF7N4O/c1-29-12(8-2-4-9(18)5-3-8)28-11-13(29)26-10(27-14(11)30)6-7-15(19,16(20,21)22)17(23,24)25/h2-5H,6-7H2,1H3,(H,26,27,30). The molecule has 30 heavy (non-hydrogen) atoms. The predicted octanol–water partition coefficient (Wildman–Crippen LogP) is 4.74. The van der Waals surface area contributed by atoms with Crippen LogP contribution in [0.2, 0.25) is 5.02 Å². The number of rotatable bonds is 4. The van der Waals surface area contributed by atoms with Gasteiger partial charge in [0.15, 0.2) is 11.2 Å². The van der Waals surface area contributed by atoms with Crippen molar-refractivity contribution in [3.8, 4) is 11.4 Å². The van der Waals surface area contributed by atoms with Gasteiger partial charge in [-0.25, -0.2) is 14.4 Å². The molecule has 5 nitrogen and oxygen atoms in total. The smallest absolute Gasteiger partial charge is 0.312 e. The number of nitrogens with one attached hydrogen (secondary N) is 1. The molecule has 0 fully saturated rings. The van der Waals surface area contributed by atoms with E-state index >= 15 is 0 Å². The molecular formula is C17H12ClF7N4O. The van der Waals surface area contributed by atoms with Crippen molar-refractivity contribution in [2.75, 3.05) is 0 Å². The van der Waals surface area contributed by atoms with Gasteiger partial charge >= 0.3 is 12.4 Å². The van der Waals surface area contributed by atoms with E-state index in [4.69, 9.17) is 11.6 Å². The van der Waals surface area contributed by atoms with Crippen molar-refractivity contribution in [2.45, 2.75) is 30.9 Å². The zero-order valence-corrected chi connectivity index (χ0v) is 15.8. The topological polar surface area (TPSA) is 63.6 Å². The Morgan fingerprint density at radius 3 is 2.10 bits per heavy atom. The summed E-state index contributed by atoms with van der Waals surface area (Å²) in [4.78, 5) is 22.3. The van der Waals surface area contributed by atoms with Crippen LogP contribution in [-0.2, 0) is 13.5 Å². The molecule has 3 rings (SSSR count). The number of H-pyrrole nitrogens is 1. The molecular weight excluding hydrogens is 445 g/mol. The number of hydrogen-bond donors (Lipinski definition) is 1. The van der Waals surface area contributed by atoms with Crippen LogP contribution in [0.3, 0.4) is 0 Å². The molecule has 13 heteroatoms. The van der Waals surface area contributed by atoms with Crippen LogP contribution in [-0.4, -0.2) is 37.5 Å². The molecule has 2 aromatic heterocycles. The summed E-state index contributed by atoms with van der Waals surface area (Å²) in [7, 11) is 1.46. The molecule has 0 aliphatic carbocycles. The summed E-state index contributed by atoms with van der Waals surface area (Å²) in [6.45, 7) is 0. The van der Waals surface area contributed by atoms with Gasteiger partial charge in [-0.05, 0) is 24.3 Å². The monoisotopic (exact) mass is 456 g/mol. The molecule has 1 aromatic carbocycles. The summed E-state index contributed by atoms with van der Waals surface area (Å²) in [6.07, 6.45) is -15.5. The lowest BCUT2D eigenvalue weighted by molar-refractivity contribution is -0.343. The average Bonchev–Trinajstić information content (AvgIpc) is 2.96. The number of hydrogen-bond acceptors (Lipinski definition) is 3. The summed E-state index contributed by atoms with van der Waals surface area (Å²) >= 11 is 5.81. The number of aromatic nitrogens is 4. The highest BCUT2D eigenvalue weighted by atomic mass is 35.5. The fourth-order valence-corrected chi connectivity index (χ4v) is 2.95. The lowest BCUT2D eigenvalue weighted by Gasteiger charge is -2.29. The van der Waals surface area contributed by atoms with Gasteiger partial charge in [0.05, 0.1) is 0 Å². The van der Waals surface area contributed by atoms with Crippen molar-refractivity contribution in [3.05, 3.63) is 45.5 Å².